The highest BCUT2D eigenvalue weighted by atomic mass is 79.9. The minimum Gasteiger partial charge on any atom is -0.496 e. The fraction of sp³-hybridized carbons (Fsp3) is 0.400. The van der Waals surface area contributed by atoms with Crippen molar-refractivity contribution < 1.29 is 13.2 Å². The number of hydrogen-bond donors (Lipinski definition) is 1. The summed E-state index contributed by atoms with van der Waals surface area (Å²) in [7, 11) is -2.00. The van der Waals surface area contributed by atoms with Crippen LogP contribution in [0.25, 0.3) is 0 Å². The van der Waals surface area contributed by atoms with Gasteiger partial charge >= 0.3 is 0 Å². The second-order valence-corrected chi connectivity index (χ2v) is 7.82. The van der Waals surface area contributed by atoms with E-state index in [1.54, 1.807) is 6.07 Å². The van der Waals surface area contributed by atoms with Crippen molar-refractivity contribution in [1.82, 2.24) is 14.5 Å². The van der Waals surface area contributed by atoms with Crippen LogP contribution >= 0.6 is 15.9 Å². The van der Waals surface area contributed by atoms with Crippen LogP contribution in [0.5, 0.6) is 5.75 Å². The molecule has 1 N–H and O–H groups in total. The number of halogens is 1. The quantitative estimate of drug-likeness (QED) is 0.723. The van der Waals surface area contributed by atoms with Gasteiger partial charge < -0.3 is 4.74 Å². The van der Waals surface area contributed by atoms with Gasteiger partial charge in [0.1, 0.15) is 5.75 Å². The van der Waals surface area contributed by atoms with E-state index in [0.29, 0.717) is 29.7 Å². The fourth-order valence-corrected chi connectivity index (χ4v) is 4.03. The first-order valence-corrected chi connectivity index (χ1v) is 9.45. The largest absolute Gasteiger partial charge is 0.496 e. The van der Waals surface area contributed by atoms with Gasteiger partial charge in [-0.1, -0.05) is 0 Å². The van der Waals surface area contributed by atoms with E-state index in [0.717, 1.165) is 11.4 Å². The molecule has 0 amide bonds. The molecule has 0 saturated carbocycles. The summed E-state index contributed by atoms with van der Waals surface area (Å²) in [5.74, 6) is 0.591. The second kappa shape index (κ2) is 7.46. The molecule has 0 fully saturated rings. The van der Waals surface area contributed by atoms with Gasteiger partial charge in [0.25, 0.3) is 0 Å². The average molecular weight is 402 g/mol. The lowest BCUT2D eigenvalue weighted by Crippen LogP contribution is -2.25. The Labute approximate surface area is 145 Å². The summed E-state index contributed by atoms with van der Waals surface area (Å²) in [4.78, 5) is 0.205. The normalized spacial score (nSPS) is 11.7. The Balaban J connectivity index is 1.94. The van der Waals surface area contributed by atoms with Gasteiger partial charge in [-0.15, -0.1) is 0 Å². The van der Waals surface area contributed by atoms with Crippen LogP contribution in [0, 0.1) is 13.8 Å². The predicted octanol–water partition coefficient (Wildman–Crippen LogP) is 2.64. The number of nitrogens with one attached hydrogen (secondary N) is 1. The SMILES string of the molecule is COc1ccc(S(=O)(=O)NCCCn2nc(C)cc2C)cc1Br. The molecule has 0 saturated heterocycles. The minimum atomic E-state index is -3.53. The van der Waals surface area contributed by atoms with Crippen LogP contribution < -0.4 is 9.46 Å². The summed E-state index contributed by atoms with van der Waals surface area (Å²) in [5.41, 5.74) is 2.04. The van der Waals surface area contributed by atoms with Gasteiger partial charge in [0.05, 0.1) is 22.2 Å². The van der Waals surface area contributed by atoms with Crippen LogP contribution in [0.3, 0.4) is 0 Å². The minimum absolute atomic E-state index is 0.205. The van der Waals surface area contributed by atoms with E-state index in [1.807, 2.05) is 24.6 Å². The number of aromatic nitrogens is 2. The monoisotopic (exact) mass is 401 g/mol. The Kier molecular flexibility index (Phi) is 5.83. The number of rotatable bonds is 7. The zero-order valence-corrected chi connectivity index (χ0v) is 15.7. The lowest BCUT2D eigenvalue weighted by atomic mass is 10.3. The molecule has 2 aromatic rings. The van der Waals surface area contributed by atoms with Gasteiger partial charge in [0.2, 0.25) is 10.0 Å². The molecule has 23 heavy (non-hydrogen) atoms. The van der Waals surface area contributed by atoms with Crippen LogP contribution in [0.2, 0.25) is 0 Å². The summed E-state index contributed by atoms with van der Waals surface area (Å²) >= 11 is 3.29. The molecule has 8 heteroatoms. The highest BCUT2D eigenvalue weighted by Gasteiger charge is 2.15. The molecule has 126 valence electrons. The summed E-state index contributed by atoms with van der Waals surface area (Å²) in [5, 5.41) is 4.35. The maximum absolute atomic E-state index is 12.3. The van der Waals surface area contributed by atoms with Crippen molar-refractivity contribution >= 4 is 26.0 Å². The number of hydrogen-bond acceptors (Lipinski definition) is 4. The van der Waals surface area contributed by atoms with Crippen LogP contribution in [0.4, 0.5) is 0 Å². The van der Waals surface area contributed by atoms with Crippen LogP contribution in [0.15, 0.2) is 33.6 Å². The molecule has 6 nitrogen and oxygen atoms in total. The van der Waals surface area contributed by atoms with Crippen molar-refractivity contribution in [2.24, 2.45) is 0 Å². The molecule has 0 aliphatic rings. The Hall–Kier alpha value is -1.38. The first kappa shape index (κ1) is 18.0. The van der Waals surface area contributed by atoms with Crippen LogP contribution in [-0.4, -0.2) is 31.9 Å². The van der Waals surface area contributed by atoms with E-state index in [1.165, 1.54) is 19.2 Å². The van der Waals surface area contributed by atoms with Gasteiger partial charge in [-0.25, -0.2) is 13.1 Å². The molecule has 1 aromatic heterocycles. The second-order valence-electron chi connectivity index (χ2n) is 5.20. The first-order chi connectivity index (χ1) is 10.8. The standard InChI is InChI=1S/C15H20BrN3O3S/c1-11-9-12(2)19(18-11)8-4-7-17-23(20,21)13-5-6-15(22-3)14(16)10-13/h5-6,9-10,17H,4,7-8H2,1-3H3. The van der Waals surface area contributed by atoms with Crippen molar-refractivity contribution in [3.05, 3.63) is 40.1 Å². The van der Waals surface area contributed by atoms with Gasteiger partial charge in [-0.3, -0.25) is 4.68 Å². The molecular weight excluding hydrogens is 382 g/mol. The van der Waals surface area contributed by atoms with Crippen molar-refractivity contribution in [3.8, 4) is 5.75 Å². The topological polar surface area (TPSA) is 73.2 Å². The molecule has 0 atom stereocenters. The fourth-order valence-electron chi connectivity index (χ4n) is 2.23. The molecule has 0 radical (unpaired) electrons. The molecule has 0 aliphatic carbocycles. The van der Waals surface area contributed by atoms with Crippen molar-refractivity contribution in [1.29, 1.82) is 0 Å². The molecule has 0 bridgehead atoms. The van der Waals surface area contributed by atoms with Crippen LogP contribution in [0.1, 0.15) is 17.8 Å². The molecule has 1 aromatic carbocycles. The smallest absolute Gasteiger partial charge is 0.240 e. The number of benzene rings is 1. The van der Waals surface area contributed by atoms with Gasteiger partial charge in [0.15, 0.2) is 0 Å². The summed E-state index contributed by atoms with van der Waals surface area (Å²) < 4.78 is 34.7. The first-order valence-electron chi connectivity index (χ1n) is 7.18. The third-order valence-corrected chi connectivity index (χ3v) is 5.45. The number of aryl methyl sites for hydroxylation is 3. The molecule has 1 heterocycles. The lowest BCUT2D eigenvalue weighted by molar-refractivity contribution is 0.411. The van der Waals surface area contributed by atoms with E-state index in [-0.39, 0.29) is 4.90 Å². The number of methoxy groups -OCH3 is 1. The van der Waals surface area contributed by atoms with Gasteiger partial charge in [-0.05, 0) is 60.5 Å². The maximum Gasteiger partial charge on any atom is 0.240 e. The van der Waals surface area contributed by atoms with E-state index >= 15 is 0 Å². The van der Waals surface area contributed by atoms with E-state index in [9.17, 15) is 8.42 Å². The number of ether oxygens (including phenoxy) is 1. The summed E-state index contributed by atoms with van der Waals surface area (Å²) in [6, 6.07) is 6.67. The van der Waals surface area contributed by atoms with Crippen LogP contribution in [-0.2, 0) is 16.6 Å². The van der Waals surface area contributed by atoms with Crippen molar-refractivity contribution in [2.45, 2.75) is 31.7 Å². The molecule has 0 unspecified atom stereocenters. The molecule has 0 spiro atoms. The highest BCUT2D eigenvalue weighted by Crippen LogP contribution is 2.27. The van der Waals surface area contributed by atoms with E-state index < -0.39 is 10.0 Å². The van der Waals surface area contributed by atoms with Gasteiger partial charge in [-0.2, -0.15) is 5.10 Å². The molecule has 2 rings (SSSR count). The Morgan fingerprint density at radius 2 is 2.04 bits per heavy atom. The van der Waals surface area contributed by atoms with E-state index in [2.05, 4.69) is 25.8 Å². The molecule has 0 aliphatic heterocycles. The predicted molar refractivity (Wildman–Crippen MR) is 92.2 cm³/mol. The maximum atomic E-state index is 12.3. The Morgan fingerprint density at radius 3 is 2.61 bits per heavy atom. The van der Waals surface area contributed by atoms with Gasteiger partial charge in [0, 0.05) is 18.8 Å². The summed E-state index contributed by atoms with van der Waals surface area (Å²) in [6.45, 7) is 4.95. The zero-order valence-electron chi connectivity index (χ0n) is 13.3. The summed E-state index contributed by atoms with van der Waals surface area (Å²) in [6.07, 6.45) is 0.665. The number of nitrogens with zero attached hydrogens (tertiary/aromatic N) is 2. The van der Waals surface area contributed by atoms with E-state index in [4.69, 9.17) is 4.74 Å². The third kappa shape index (κ3) is 4.55. The van der Waals surface area contributed by atoms with Crippen molar-refractivity contribution in [2.75, 3.05) is 13.7 Å². The Bertz CT molecular complexity index is 787. The van der Waals surface area contributed by atoms with Crippen molar-refractivity contribution in [3.63, 3.8) is 0 Å². The lowest BCUT2D eigenvalue weighted by Gasteiger charge is -2.09. The zero-order chi connectivity index (χ0) is 17.0. The molecular formula is C15H20BrN3O3S. The Morgan fingerprint density at radius 1 is 1.30 bits per heavy atom. The average Bonchev–Trinajstić information content (AvgIpc) is 2.81. The highest BCUT2D eigenvalue weighted by molar-refractivity contribution is 9.10. The third-order valence-electron chi connectivity index (χ3n) is 3.38. The number of sulfonamides is 1.